The molecule has 1 heterocycles. The fourth-order valence-corrected chi connectivity index (χ4v) is 2.67. The molecule has 6 heteroatoms. The zero-order valence-electron chi connectivity index (χ0n) is 15.6. The van der Waals surface area contributed by atoms with Gasteiger partial charge in [0.25, 0.3) is 5.91 Å². The van der Waals surface area contributed by atoms with Crippen LogP contribution in [0.4, 0.5) is 11.5 Å². The predicted molar refractivity (Wildman–Crippen MR) is 105 cm³/mol. The third-order valence-corrected chi connectivity index (χ3v) is 4.11. The van der Waals surface area contributed by atoms with Crippen molar-refractivity contribution in [2.75, 3.05) is 12.4 Å². The fourth-order valence-electron chi connectivity index (χ4n) is 2.67. The van der Waals surface area contributed by atoms with Gasteiger partial charge in [0.1, 0.15) is 23.1 Å². The van der Waals surface area contributed by atoms with E-state index in [4.69, 9.17) is 4.74 Å². The highest BCUT2D eigenvalue weighted by atomic mass is 16.5. The van der Waals surface area contributed by atoms with Gasteiger partial charge in [-0.1, -0.05) is 30.3 Å². The molecule has 2 aromatic carbocycles. The van der Waals surface area contributed by atoms with Crippen LogP contribution in [-0.4, -0.2) is 23.0 Å². The fraction of sp³-hybridized carbons (Fsp3) is 0.190. The van der Waals surface area contributed by atoms with Gasteiger partial charge in [-0.2, -0.15) is 0 Å². The molecule has 0 aliphatic rings. The Kier molecular flexibility index (Phi) is 5.66. The van der Waals surface area contributed by atoms with E-state index in [0.29, 0.717) is 23.9 Å². The number of benzene rings is 2. The van der Waals surface area contributed by atoms with Gasteiger partial charge in [-0.25, -0.2) is 9.97 Å². The molecule has 0 bridgehead atoms. The van der Waals surface area contributed by atoms with Crippen molar-refractivity contribution in [3.8, 4) is 5.75 Å². The summed E-state index contributed by atoms with van der Waals surface area (Å²) in [6.45, 7) is 4.23. The van der Waals surface area contributed by atoms with E-state index in [-0.39, 0.29) is 5.91 Å². The van der Waals surface area contributed by atoms with E-state index in [2.05, 4.69) is 20.6 Å². The number of ether oxygens (including phenoxy) is 1. The Morgan fingerprint density at radius 2 is 1.85 bits per heavy atom. The SMILES string of the molecule is COc1cccc(Nc2cc(C(=O)NCc3ccccc3C)nc(C)n2)c1. The molecule has 0 radical (unpaired) electrons. The van der Waals surface area contributed by atoms with Crippen LogP contribution in [0.25, 0.3) is 0 Å². The second-order valence-corrected chi connectivity index (χ2v) is 6.15. The molecular formula is C21H22N4O2. The number of nitrogens with one attached hydrogen (secondary N) is 2. The number of carbonyl (C=O) groups is 1. The zero-order valence-corrected chi connectivity index (χ0v) is 15.6. The Bertz CT molecular complexity index is 956. The van der Waals surface area contributed by atoms with Gasteiger partial charge in [-0.05, 0) is 37.1 Å². The molecule has 3 rings (SSSR count). The van der Waals surface area contributed by atoms with Crippen molar-refractivity contribution in [3.63, 3.8) is 0 Å². The van der Waals surface area contributed by atoms with Crippen molar-refractivity contribution in [1.82, 2.24) is 15.3 Å². The molecule has 0 atom stereocenters. The van der Waals surface area contributed by atoms with Crippen molar-refractivity contribution in [2.24, 2.45) is 0 Å². The van der Waals surface area contributed by atoms with Crippen LogP contribution in [0.5, 0.6) is 5.75 Å². The highest BCUT2D eigenvalue weighted by Crippen LogP contribution is 2.20. The van der Waals surface area contributed by atoms with Gasteiger partial charge in [-0.15, -0.1) is 0 Å². The highest BCUT2D eigenvalue weighted by Gasteiger charge is 2.11. The minimum atomic E-state index is -0.238. The van der Waals surface area contributed by atoms with E-state index in [0.717, 1.165) is 22.6 Å². The lowest BCUT2D eigenvalue weighted by Gasteiger charge is -2.11. The summed E-state index contributed by atoms with van der Waals surface area (Å²) in [6.07, 6.45) is 0. The van der Waals surface area contributed by atoms with Crippen molar-refractivity contribution < 1.29 is 9.53 Å². The molecule has 0 spiro atoms. The third-order valence-electron chi connectivity index (χ3n) is 4.11. The Balaban J connectivity index is 1.74. The summed E-state index contributed by atoms with van der Waals surface area (Å²) in [7, 11) is 1.62. The van der Waals surface area contributed by atoms with Crippen LogP contribution >= 0.6 is 0 Å². The molecule has 27 heavy (non-hydrogen) atoms. The first-order chi connectivity index (χ1) is 13.0. The number of carbonyl (C=O) groups excluding carboxylic acids is 1. The summed E-state index contributed by atoms with van der Waals surface area (Å²) < 4.78 is 5.22. The maximum Gasteiger partial charge on any atom is 0.270 e. The third kappa shape index (κ3) is 4.82. The topological polar surface area (TPSA) is 76.1 Å². The number of amides is 1. The van der Waals surface area contributed by atoms with Crippen molar-refractivity contribution >= 4 is 17.4 Å². The first kappa shape index (κ1) is 18.4. The number of nitrogens with zero attached hydrogens (tertiary/aromatic N) is 2. The molecule has 2 N–H and O–H groups in total. The normalized spacial score (nSPS) is 10.3. The lowest BCUT2D eigenvalue weighted by atomic mass is 10.1. The van der Waals surface area contributed by atoms with Crippen LogP contribution < -0.4 is 15.4 Å². The van der Waals surface area contributed by atoms with Gasteiger partial charge < -0.3 is 15.4 Å². The smallest absolute Gasteiger partial charge is 0.270 e. The van der Waals surface area contributed by atoms with Gasteiger partial charge in [-0.3, -0.25) is 4.79 Å². The molecule has 6 nitrogen and oxygen atoms in total. The lowest BCUT2D eigenvalue weighted by molar-refractivity contribution is 0.0945. The van der Waals surface area contributed by atoms with Crippen LogP contribution in [0.1, 0.15) is 27.4 Å². The molecule has 3 aromatic rings. The Morgan fingerprint density at radius 3 is 2.63 bits per heavy atom. The van der Waals surface area contributed by atoms with Gasteiger partial charge >= 0.3 is 0 Å². The summed E-state index contributed by atoms with van der Waals surface area (Å²) in [4.78, 5) is 21.1. The van der Waals surface area contributed by atoms with E-state index in [1.807, 2.05) is 55.5 Å². The van der Waals surface area contributed by atoms with E-state index in [1.165, 1.54) is 0 Å². The van der Waals surface area contributed by atoms with Gasteiger partial charge in [0, 0.05) is 24.4 Å². The monoisotopic (exact) mass is 362 g/mol. The summed E-state index contributed by atoms with van der Waals surface area (Å²) >= 11 is 0. The van der Waals surface area contributed by atoms with Crippen LogP contribution in [0, 0.1) is 13.8 Å². The van der Waals surface area contributed by atoms with E-state index in [9.17, 15) is 4.79 Å². The Morgan fingerprint density at radius 1 is 1.04 bits per heavy atom. The standard InChI is InChI=1S/C21H22N4O2/c1-14-7-4-5-8-16(14)13-22-21(26)19-12-20(24-15(2)23-19)25-17-9-6-10-18(11-17)27-3/h4-12H,13H2,1-3H3,(H,22,26)(H,23,24,25). The molecule has 138 valence electrons. The van der Waals surface area contributed by atoms with Gasteiger partial charge in [0.15, 0.2) is 0 Å². The number of aromatic nitrogens is 2. The molecule has 0 aliphatic heterocycles. The molecule has 0 unspecified atom stereocenters. The number of methoxy groups -OCH3 is 1. The number of hydrogen-bond acceptors (Lipinski definition) is 5. The maximum absolute atomic E-state index is 12.5. The summed E-state index contributed by atoms with van der Waals surface area (Å²) in [5.74, 6) is 1.57. The summed E-state index contributed by atoms with van der Waals surface area (Å²) in [5, 5.41) is 6.10. The largest absolute Gasteiger partial charge is 0.497 e. The van der Waals surface area contributed by atoms with E-state index in [1.54, 1.807) is 20.1 Å². The average molecular weight is 362 g/mol. The quantitative estimate of drug-likeness (QED) is 0.698. The summed E-state index contributed by atoms with van der Waals surface area (Å²) in [6, 6.07) is 17.1. The Labute approximate surface area is 158 Å². The van der Waals surface area contributed by atoms with E-state index >= 15 is 0 Å². The van der Waals surface area contributed by atoms with Crippen LogP contribution in [0.2, 0.25) is 0 Å². The molecule has 0 saturated heterocycles. The average Bonchev–Trinajstić information content (AvgIpc) is 2.67. The van der Waals surface area contributed by atoms with Crippen molar-refractivity contribution in [2.45, 2.75) is 20.4 Å². The highest BCUT2D eigenvalue weighted by molar-refractivity contribution is 5.93. The number of anilines is 2. The molecular weight excluding hydrogens is 340 g/mol. The Hall–Kier alpha value is -3.41. The first-order valence-corrected chi connectivity index (χ1v) is 8.64. The number of rotatable bonds is 6. The van der Waals surface area contributed by atoms with Crippen LogP contribution in [0.15, 0.2) is 54.6 Å². The van der Waals surface area contributed by atoms with E-state index < -0.39 is 0 Å². The molecule has 0 saturated carbocycles. The van der Waals surface area contributed by atoms with Crippen molar-refractivity contribution in [3.05, 3.63) is 77.2 Å². The summed E-state index contributed by atoms with van der Waals surface area (Å²) in [5.41, 5.74) is 3.35. The lowest BCUT2D eigenvalue weighted by Crippen LogP contribution is -2.24. The predicted octanol–water partition coefficient (Wildman–Crippen LogP) is 3.78. The van der Waals surface area contributed by atoms with Crippen molar-refractivity contribution in [1.29, 1.82) is 0 Å². The van der Waals surface area contributed by atoms with Gasteiger partial charge in [0.05, 0.1) is 7.11 Å². The second kappa shape index (κ2) is 8.31. The van der Waals surface area contributed by atoms with Crippen LogP contribution in [0.3, 0.4) is 0 Å². The second-order valence-electron chi connectivity index (χ2n) is 6.15. The zero-order chi connectivity index (χ0) is 19.2. The molecule has 1 amide bonds. The minimum absolute atomic E-state index is 0.238. The number of aryl methyl sites for hydroxylation is 2. The first-order valence-electron chi connectivity index (χ1n) is 8.64. The minimum Gasteiger partial charge on any atom is -0.497 e. The number of hydrogen-bond donors (Lipinski definition) is 2. The molecule has 1 aromatic heterocycles. The van der Waals surface area contributed by atoms with Crippen LogP contribution in [-0.2, 0) is 6.54 Å². The van der Waals surface area contributed by atoms with Gasteiger partial charge in [0.2, 0.25) is 0 Å². The maximum atomic E-state index is 12.5. The molecule has 0 fully saturated rings. The molecule has 0 aliphatic carbocycles.